The molecule has 0 spiro atoms. The van der Waals surface area contributed by atoms with Gasteiger partial charge in [0.05, 0.1) is 12.7 Å². The van der Waals surface area contributed by atoms with E-state index >= 15 is 0 Å². The van der Waals surface area contributed by atoms with Gasteiger partial charge in [-0.3, -0.25) is 4.90 Å². The van der Waals surface area contributed by atoms with Crippen LogP contribution in [-0.4, -0.2) is 63.4 Å². The van der Waals surface area contributed by atoms with Gasteiger partial charge < -0.3 is 10.1 Å². The molecule has 0 radical (unpaired) electrons. The van der Waals surface area contributed by atoms with Crippen LogP contribution in [0.5, 0.6) is 0 Å². The zero-order valence-corrected chi connectivity index (χ0v) is 13.0. The highest BCUT2D eigenvalue weighted by molar-refractivity contribution is 6.30. The predicted molar refractivity (Wildman–Crippen MR) is 80.9 cm³/mol. The van der Waals surface area contributed by atoms with Crippen molar-refractivity contribution in [2.45, 2.75) is 20.0 Å². The third-order valence-electron chi connectivity index (χ3n) is 3.77. The van der Waals surface area contributed by atoms with E-state index in [1.165, 1.54) is 6.33 Å². The molecular formula is C13H19ClN6O. The molecule has 3 heterocycles. The standard InChI is InChI=1S/C13H19ClN6O/c1-3-19-4-5-21-10(7-19)6-15-12-9(2)11(14)18-13-16-8-17-20(12)13/h8,10,15H,3-7H2,1-2H3. The van der Waals surface area contributed by atoms with Gasteiger partial charge >= 0.3 is 0 Å². The highest BCUT2D eigenvalue weighted by atomic mass is 35.5. The Labute approximate surface area is 128 Å². The molecule has 0 amide bonds. The van der Waals surface area contributed by atoms with E-state index in [2.05, 4.69) is 32.2 Å². The maximum atomic E-state index is 6.15. The number of hydrogen-bond donors (Lipinski definition) is 1. The molecule has 0 aromatic carbocycles. The Morgan fingerprint density at radius 3 is 3.19 bits per heavy atom. The van der Waals surface area contributed by atoms with Gasteiger partial charge in [-0.05, 0) is 13.5 Å². The van der Waals surface area contributed by atoms with E-state index in [-0.39, 0.29) is 6.10 Å². The second-order valence-corrected chi connectivity index (χ2v) is 5.47. The average Bonchev–Trinajstić information content (AvgIpc) is 2.95. The first kappa shape index (κ1) is 14.5. The van der Waals surface area contributed by atoms with Crippen LogP contribution in [0.4, 0.5) is 5.82 Å². The molecule has 21 heavy (non-hydrogen) atoms. The molecule has 0 saturated carbocycles. The first-order chi connectivity index (χ1) is 10.2. The number of anilines is 1. The van der Waals surface area contributed by atoms with Gasteiger partial charge in [0.15, 0.2) is 0 Å². The van der Waals surface area contributed by atoms with E-state index in [0.29, 0.717) is 17.5 Å². The molecule has 3 rings (SSSR count). The van der Waals surface area contributed by atoms with Crippen LogP contribution in [0.1, 0.15) is 12.5 Å². The minimum atomic E-state index is 0.156. The molecule has 2 aromatic rings. The maximum Gasteiger partial charge on any atom is 0.255 e. The smallest absolute Gasteiger partial charge is 0.255 e. The van der Waals surface area contributed by atoms with Crippen LogP contribution < -0.4 is 5.32 Å². The third kappa shape index (κ3) is 2.95. The lowest BCUT2D eigenvalue weighted by Crippen LogP contribution is -2.45. The fraction of sp³-hybridized carbons (Fsp3) is 0.615. The van der Waals surface area contributed by atoms with Crippen molar-refractivity contribution >= 4 is 23.2 Å². The second kappa shape index (κ2) is 6.13. The number of likely N-dealkylation sites (N-methyl/N-ethyl adjacent to an activating group) is 1. The van der Waals surface area contributed by atoms with Gasteiger partial charge in [-0.25, -0.2) is 0 Å². The van der Waals surface area contributed by atoms with E-state index in [0.717, 1.165) is 37.6 Å². The SMILES string of the molecule is CCN1CCOC(CNc2c(C)c(Cl)nc3ncnn23)C1. The van der Waals surface area contributed by atoms with Crippen LogP contribution >= 0.6 is 11.6 Å². The summed E-state index contributed by atoms with van der Waals surface area (Å²) in [6.07, 6.45) is 1.63. The maximum absolute atomic E-state index is 6.15. The lowest BCUT2D eigenvalue weighted by molar-refractivity contribution is -0.0192. The molecule has 7 nitrogen and oxygen atoms in total. The van der Waals surface area contributed by atoms with Crippen molar-refractivity contribution < 1.29 is 4.74 Å². The Balaban J connectivity index is 1.76. The number of rotatable bonds is 4. The van der Waals surface area contributed by atoms with Crippen molar-refractivity contribution in [1.82, 2.24) is 24.5 Å². The van der Waals surface area contributed by atoms with Gasteiger partial charge in [-0.2, -0.15) is 19.6 Å². The number of morpholine rings is 1. The molecular weight excluding hydrogens is 292 g/mol. The lowest BCUT2D eigenvalue weighted by atomic mass is 10.2. The summed E-state index contributed by atoms with van der Waals surface area (Å²) in [4.78, 5) is 10.7. The fourth-order valence-corrected chi connectivity index (χ4v) is 2.67. The van der Waals surface area contributed by atoms with Gasteiger partial charge in [0, 0.05) is 25.2 Å². The van der Waals surface area contributed by atoms with Crippen LogP contribution in [-0.2, 0) is 4.74 Å². The van der Waals surface area contributed by atoms with Crippen molar-refractivity contribution in [2.75, 3.05) is 38.1 Å². The lowest BCUT2D eigenvalue weighted by Gasteiger charge is -2.32. The van der Waals surface area contributed by atoms with E-state index in [1.807, 2.05) is 6.92 Å². The Hall–Kier alpha value is -1.44. The summed E-state index contributed by atoms with van der Waals surface area (Å²) in [5.74, 6) is 1.31. The van der Waals surface area contributed by atoms with Gasteiger partial charge in [-0.1, -0.05) is 18.5 Å². The zero-order chi connectivity index (χ0) is 14.8. The number of aromatic nitrogens is 4. The Kier molecular flexibility index (Phi) is 4.23. The molecule has 1 N–H and O–H groups in total. The first-order valence-electron chi connectivity index (χ1n) is 7.12. The van der Waals surface area contributed by atoms with E-state index in [9.17, 15) is 0 Å². The largest absolute Gasteiger partial charge is 0.374 e. The summed E-state index contributed by atoms with van der Waals surface area (Å²) in [6.45, 7) is 8.54. The number of fused-ring (bicyclic) bond motifs is 1. The molecule has 0 bridgehead atoms. The van der Waals surface area contributed by atoms with Crippen molar-refractivity contribution in [3.8, 4) is 0 Å². The molecule has 0 aliphatic carbocycles. The molecule has 2 aromatic heterocycles. The molecule has 1 fully saturated rings. The second-order valence-electron chi connectivity index (χ2n) is 5.11. The number of nitrogens with zero attached hydrogens (tertiary/aromatic N) is 5. The van der Waals surface area contributed by atoms with Crippen molar-refractivity contribution in [1.29, 1.82) is 0 Å². The molecule has 1 aliphatic rings. The average molecular weight is 311 g/mol. The van der Waals surface area contributed by atoms with Crippen LogP contribution in [0.3, 0.4) is 0 Å². The van der Waals surface area contributed by atoms with Crippen LogP contribution in [0.2, 0.25) is 5.15 Å². The summed E-state index contributed by atoms with van der Waals surface area (Å²) in [5, 5.41) is 8.01. The van der Waals surface area contributed by atoms with E-state index in [1.54, 1.807) is 4.52 Å². The number of nitrogens with one attached hydrogen (secondary N) is 1. The van der Waals surface area contributed by atoms with Gasteiger partial charge in [0.1, 0.15) is 17.3 Å². The predicted octanol–water partition coefficient (Wildman–Crippen LogP) is 1.22. The quantitative estimate of drug-likeness (QED) is 0.857. The Bertz CT molecular complexity index is 630. The molecule has 1 saturated heterocycles. The molecule has 1 aliphatic heterocycles. The van der Waals surface area contributed by atoms with Crippen molar-refractivity contribution in [3.63, 3.8) is 0 Å². The number of ether oxygens (including phenoxy) is 1. The van der Waals surface area contributed by atoms with Gasteiger partial charge in [-0.15, -0.1) is 0 Å². The Morgan fingerprint density at radius 1 is 1.52 bits per heavy atom. The summed E-state index contributed by atoms with van der Waals surface area (Å²) in [5.41, 5.74) is 0.859. The van der Waals surface area contributed by atoms with Crippen LogP contribution in [0.15, 0.2) is 6.33 Å². The normalized spacial score (nSPS) is 20.0. The monoisotopic (exact) mass is 310 g/mol. The van der Waals surface area contributed by atoms with E-state index in [4.69, 9.17) is 16.3 Å². The minimum Gasteiger partial charge on any atom is -0.374 e. The number of halogens is 1. The van der Waals surface area contributed by atoms with Crippen LogP contribution in [0.25, 0.3) is 5.78 Å². The van der Waals surface area contributed by atoms with Crippen LogP contribution in [0, 0.1) is 6.92 Å². The zero-order valence-electron chi connectivity index (χ0n) is 12.2. The highest BCUT2D eigenvalue weighted by Gasteiger charge is 2.20. The Morgan fingerprint density at radius 2 is 2.38 bits per heavy atom. The molecule has 8 heteroatoms. The fourth-order valence-electron chi connectivity index (χ4n) is 2.51. The van der Waals surface area contributed by atoms with Gasteiger partial charge in [0.25, 0.3) is 5.78 Å². The summed E-state index contributed by atoms with van der Waals surface area (Å²) < 4.78 is 7.47. The number of hydrogen-bond acceptors (Lipinski definition) is 6. The summed E-state index contributed by atoms with van der Waals surface area (Å²) >= 11 is 6.15. The first-order valence-corrected chi connectivity index (χ1v) is 7.50. The molecule has 1 atom stereocenters. The topological polar surface area (TPSA) is 67.6 Å². The highest BCUT2D eigenvalue weighted by Crippen LogP contribution is 2.22. The summed E-state index contributed by atoms with van der Waals surface area (Å²) in [6, 6.07) is 0. The molecule has 114 valence electrons. The van der Waals surface area contributed by atoms with Gasteiger partial charge in [0.2, 0.25) is 0 Å². The minimum absolute atomic E-state index is 0.156. The third-order valence-corrected chi connectivity index (χ3v) is 4.14. The van der Waals surface area contributed by atoms with Crippen molar-refractivity contribution in [2.24, 2.45) is 0 Å². The van der Waals surface area contributed by atoms with E-state index < -0.39 is 0 Å². The molecule has 1 unspecified atom stereocenters. The summed E-state index contributed by atoms with van der Waals surface area (Å²) in [7, 11) is 0. The van der Waals surface area contributed by atoms with Crippen molar-refractivity contribution in [3.05, 3.63) is 17.0 Å².